The standard InChI is InChI=1S/C19H22F3NO3/c1-17(2,3)26-16(25)23-9-7-18(8-10-23)11-12-5-4-6-13(19(20,21)22)14(12)15(18)24/h4-6H,7-11H2,1-3H3. The molecule has 1 amide bonds. The zero-order chi connectivity index (χ0) is 19.3. The van der Waals surface area contributed by atoms with E-state index in [0.29, 0.717) is 37.9 Å². The second kappa shape index (κ2) is 5.99. The van der Waals surface area contributed by atoms with Gasteiger partial charge in [0.15, 0.2) is 5.78 Å². The first-order valence-corrected chi connectivity index (χ1v) is 8.65. The summed E-state index contributed by atoms with van der Waals surface area (Å²) < 4.78 is 45.2. The quantitative estimate of drug-likeness (QED) is 0.678. The van der Waals surface area contributed by atoms with Crippen LogP contribution >= 0.6 is 0 Å². The highest BCUT2D eigenvalue weighted by molar-refractivity contribution is 6.06. The van der Waals surface area contributed by atoms with Crippen LogP contribution in [0.1, 0.15) is 55.1 Å². The number of carbonyl (C=O) groups is 2. The first-order chi connectivity index (χ1) is 11.9. The van der Waals surface area contributed by atoms with E-state index in [4.69, 9.17) is 4.74 Å². The molecule has 0 bridgehead atoms. The van der Waals surface area contributed by atoms with Gasteiger partial charge < -0.3 is 9.64 Å². The number of hydrogen-bond acceptors (Lipinski definition) is 3. The van der Waals surface area contributed by atoms with Crippen LogP contribution in [0.4, 0.5) is 18.0 Å². The lowest BCUT2D eigenvalue weighted by Crippen LogP contribution is -2.47. The third-order valence-electron chi connectivity index (χ3n) is 5.07. The topological polar surface area (TPSA) is 46.6 Å². The van der Waals surface area contributed by atoms with Crippen LogP contribution in [0.3, 0.4) is 0 Å². The number of hydrogen-bond donors (Lipinski definition) is 0. The van der Waals surface area contributed by atoms with E-state index >= 15 is 0 Å². The van der Waals surface area contributed by atoms with Gasteiger partial charge in [0.2, 0.25) is 0 Å². The van der Waals surface area contributed by atoms with Crippen molar-refractivity contribution in [1.82, 2.24) is 4.90 Å². The molecule has 4 nitrogen and oxygen atoms in total. The van der Waals surface area contributed by atoms with Gasteiger partial charge in [0.1, 0.15) is 5.60 Å². The summed E-state index contributed by atoms with van der Waals surface area (Å²) in [7, 11) is 0. The normalized spacial score (nSPS) is 19.6. The summed E-state index contributed by atoms with van der Waals surface area (Å²) in [5.74, 6) is -0.440. The van der Waals surface area contributed by atoms with Crippen LogP contribution in [0.2, 0.25) is 0 Å². The number of benzene rings is 1. The van der Waals surface area contributed by atoms with Crippen molar-refractivity contribution in [1.29, 1.82) is 0 Å². The number of ketones is 1. The van der Waals surface area contributed by atoms with Gasteiger partial charge in [-0.15, -0.1) is 0 Å². The van der Waals surface area contributed by atoms with Gasteiger partial charge in [-0.3, -0.25) is 4.79 Å². The molecule has 3 rings (SSSR count). The van der Waals surface area contributed by atoms with E-state index < -0.39 is 34.6 Å². The van der Waals surface area contributed by atoms with Gasteiger partial charge in [-0.2, -0.15) is 13.2 Å². The first-order valence-electron chi connectivity index (χ1n) is 8.65. The Morgan fingerprint density at radius 2 is 1.77 bits per heavy atom. The average molecular weight is 369 g/mol. The van der Waals surface area contributed by atoms with E-state index in [1.165, 1.54) is 11.0 Å². The van der Waals surface area contributed by atoms with Crippen molar-refractivity contribution in [2.45, 2.75) is 51.8 Å². The fraction of sp³-hybridized carbons (Fsp3) is 0.579. The van der Waals surface area contributed by atoms with E-state index in [9.17, 15) is 22.8 Å². The van der Waals surface area contributed by atoms with E-state index in [1.807, 2.05) is 0 Å². The molecule has 26 heavy (non-hydrogen) atoms. The molecule has 0 radical (unpaired) electrons. The van der Waals surface area contributed by atoms with Crippen LogP contribution < -0.4 is 0 Å². The third-order valence-corrected chi connectivity index (χ3v) is 5.07. The zero-order valence-electron chi connectivity index (χ0n) is 15.1. The largest absolute Gasteiger partial charge is 0.444 e. The van der Waals surface area contributed by atoms with E-state index in [0.717, 1.165) is 6.07 Å². The number of ether oxygens (including phenoxy) is 1. The number of amides is 1. The monoisotopic (exact) mass is 369 g/mol. The second-order valence-electron chi connectivity index (χ2n) is 8.09. The molecule has 2 aliphatic rings. The van der Waals surface area contributed by atoms with Crippen molar-refractivity contribution in [3.63, 3.8) is 0 Å². The lowest BCUT2D eigenvalue weighted by Gasteiger charge is -2.38. The van der Waals surface area contributed by atoms with Gasteiger partial charge in [-0.1, -0.05) is 12.1 Å². The summed E-state index contributed by atoms with van der Waals surface area (Å²) in [6.45, 7) is 5.91. The Morgan fingerprint density at radius 1 is 1.15 bits per heavy atom. The van der Waals surface area contributed by atoms with Crippen LogP contribution in [0.15, 0.2) is 18.2 Å². The van der Waals surface area contributed by atoms with E-state index in [-0.39, 0.29) is 5.56 Å². The maximum Gasteiger partial charge on any atom is 0.417 e. The highest BCUT2D eigenvalue weighted by atomic mass is 19.4. The second-order valence-corrected chi connectivity index (χ2v) is 8.09. The fourth-order valence-electron chi connectivity index (χ4n) is 3.81. The SMILES string of the molecule is CC(C)(C)OC(=O)N1CCC2(CC1)Cc1cccc(C(F)(F)F)c1C2=O. The Morgan fingerprint density at radius 3 is 2.31 bits per heavy atom. The molecule has 0 aromatic heterocycles. The summed E-state index contributed by atoms with van der Waals surface area (Å²) in [6.07, 6.45) is -4.02. The first kappa shape index (κ1) is 18.7. The summed E-state index contributed by atoms with van der Waals surface area (Å²) in [5, 5.41) is 0. The molecule has 1 saturated heterocycles. The van der Waals surface area contributed by atoms with Gasteiger partial charge >= 0.3 is 12.3 Å². The zero-order valence-corrected chi connectivity index (χ0v) is 15.1. The summed E-state index contributed by atoms with van der Waals surface area (Å²) >= 11 is 0. The van der Waals surface area contributed by atoms with Crippen molar-refractivity contribution in [2.24, 2.45) is 5.41 Å². The van der Waals surface area contributed by atoms with E-state index in [1.54, 1.807) is 26.8 Å². The predicted molar refractivity (Wildman–Crippen MR) is 89.0 cm³/mol. The number of carbonyl (C=O) groups excluding carboxylic acids is 2. The molecule has 1 spiro atoms. The molecular formula is C19H22F3NO3. The van der Waals surface area contributed by atoms with Crippen molar-refractivity contribution in [3.05, 3.63) is 34.9 Å². The Hall–Kier alpha value is -2.05. The maximum atomic E-state index is 13.3. The van der Waals surface area contributed by atoms with Gasteiger partial charge in [-0.25, -0.2) is 4.79 Å². The molecule has 7 heteroatoms. The molecule has 1 aliphatic heterocycles. The van der Waals surface area contributed by atoms with Gasteiger partial charge in [0.25, 0.3) is 0 Å². The van der Waals surface area contributed by atoms with Crippen molar-refractivity contribution in [3.8, 4) is 0 Å². The van der Waals surface area contributed by atoms with Crippen LogP contribution in [-0.2, 0) is 17.3 Å². The molecule has 1 aromatic rings. The Bertz CT molecular complexity index is 741. The molecular weight excluding hydrogens is 347 g/mol. The van der Waals surface area contributed by atoms with Gasteiger partial charge in [0.05, 0.1) is 5.56 Å². The molecule has 1 aromatic carbocycles. The summed E-state index contributed by atoms with van der Waals surface area (Å²) in [4.78, 5) is 26.6. The third kappa shape index (κ3) is 3.31. The van der Waals surface area contributed by atoms with Gasteiger partial charge in [-0.05, 0) is 51.7 Å². The minimum Gasteiger partial charge on any atom is -0.444 e. The van der Waals surface area contributed by atoms with Crippen molar-refractivity contribution in [2.75, 3.05) is 13.1 Å². The molecule has 0 saturated carbocycles. The van der Waals surface area contributed by atoms with Crippen LogP contribution in [0, 0.1) is 5.41 Å². The predicted octanol–water partition coefficient (Wildman–Crippen LogP) is 4.46. The lowest BCUT2D eigenvalue weighted by molar-refractivity contribution is -0.137. The lowest BCUT2D eigenvalue weighted by atomic mass is 9.75. The molecule has 1 aliphatic carbocycles. The average Bonchev–Trinajstić information content (AvgIpc) is 2.78. The van der Waals surface area contributed by atoms with Gasteiger partial charge in [0, 0.05) is 24.1 Å². The van der Waals surface area contributed by atoms with Crippen molar-refractivity contribution < 1.29 is 27.5 Å². The number of likely N-dealkylation sites (tertiary alicyclic amines) is 1. The number of Topliss-reactive ketones (excluding diaryl/α,β-unsaturated/α-hetero) is 1. The highest BCUT2D eigenvalue weighted by Crippen LogP contribution is 2.48. The van der Waals surface area contributed by atoms with Crippen molar-refractivity contribution >= 4 is 11.9 Å². The van der Waals surface area contributed by atoms with E-state index in [2.05, 4.69) is 0 Å². The van der Waals surface area contributed by atoms with Crippen LogP contribution in [-0.4, -0.2) is 35.5 Å². The molecule has 142 valence electrons. The minimum absolute atomic E-state index is 0.189. The highest BCUT2D eigenvalue weighted by Gasteiger charge is 2.51. The fourth-order valence-corrected chi connectivity index (χ4v) is 3.81. The molecule has 1 fully saturated rings. The number of alkyl halides is 3. The summed E-state index contributed by atoms with van der Waals surface area (Å²) in [5.41, 5.74) is -2.05. The molecule has 0 N–H and O–H groups in total. The Kier molecular flexibility index (Phi) is 4.32. The molecule has 0 atom stereocenters. The van der Waals surface area contributed by atoms with Crippen LogP contribution in [0.25, 0.3) is 0 Å². The molecule has 1 heterocycles. The number of halogens is 3. The number of nitrogens with zero attached hydrogens (tertiary/aromatic N) is 1. The van der Waals surface area contributed by atoms with Crippen LogP contribution in [0.5, 0.6) is 0 Å². The smallest absolute Gasteiger partial charge is 0.417 e. The molecule has 0 unspecified atom stereocenters. The number of fused-ring (bicyclic) bond motifs is 1. The summed E-state index contributed by atoms with van der Waals surface area (Å²) in [6, 6.07) is 3.91. The minimum atomic E-state index is -4.55. The Labute approximate surface area is 150 Å². The number of rotatable bonds is 0. The maximum absolute atomic E-state index is 13.3. The number of piperidine rings is 1. The Balaban J connectivity index is 1.79.